The molecule has 110 valence electrons. The van der Waals surface area contributed by atoms with E-state index in [1.54, 1.807) is 6.20 Å². The Labute approximate surface area is 124 Å². The Balaban J connectivity index is 2.14. The molecule has 1 unspecified atom stereocenters. The summed E-state index contributed by atoms with van der Waals surface area (Å²) in [5, 5.41) is 4.32. The number of para-hydroxylation sites is 1. The standard InChI is InChI=1S/C16H20N4O/c1-18-11-5-4-8-20(10-11)15-12-6-2-3-7-14(12)19-9-13(15)16(17)21/h2-3,6-7,9,11,18H,4-5,8,10H2,1H3,(H2,17,21). The molecule has 0 radical (unpaired) electrons. The third-order valence-corrected chi connectivity index (χ3v) is 4.16. The fourth-order valence-electron chi connectivity index (χ4n) is 3.06. The lowest BCUT2D eigenvalue weighted by molar-refractivity contribution is 0.100. The Bertz CT molecular complexity index is 670. The number of nitrogens with two attached hydrogens (primary N) is 1. The molecular formula is C16H20N4O. The highest BCUT2D eigenvalue weighted by Gasteiger charge is 2.24. The molecule has 0 saturated carbocycles. The predicted octanol–water partition coefficient (Wildman–Crippen LogP) is 1.52. The molecule has 21 heavy (non-hydrogen) atoms. The first-order chi connectivity index (χ1) is 10.2. The van der Waals surface area contributed by atoms with Gasteiger partial charge in [0.1, 0.15) is 0 Å². The van der Waals surface area contributed by atoms with E-state index in [-0.39, 0.29) is 0 Å². The molecule has 1 aromatic carbocycles. The number of carbonyl (C=O) groups is 1. The lowest BCUT2D eigenvalue weighted by atomic mass is 10.0. The quantitative estimate of drug-likeness (QED) is 0.896. The van der Waals surface area contributed by atoms with Crippen molar-refractivity contribution in [2.75, 3.05) is 25.0 Å². The van der Waals surface area contributed by atoms with Gasteiger partial charge in [0, 0.05) is 30.7 Å². The highest BCUT2D eigenvalue weighted by atomic mass is 16.1. The van der Waals surface area contributed by atoms with Crippen LogP contribution in [0.3, 0.4) is 0 Å². The Morgan fingerprint density at radius 2 is 2.24 bits per heavy atom. The van der Waals surface area contributed by atoms with Gasteiger partial charge < -0.3 is 16.0 Å². The van der Waals surface area contributed by atoms with Crippen molar-refractivity contribution in [2.45, 2.75) is 18.9 Å². The first-order valence-corrected chi connectivity index (χ1v) is 7.30. The van der Waals surface area contributed by atoms with E-state index in [1.165, 1.54) is 0 Å². The van der Waals surface area contributed by atoms with Crippen molar-refractivity contribution in [3.63, 3.8) is 0 Å². The highest BCUT2D eigenvalue weighted by Crippen LogP contribution is 2.31. The summed E-state index contributed by atoms with van der Waals surface area (Å²) in [6.45, 7) is 1.82. The molecule has 3 rings (SSSR count). The van der Waals surface area contributed by atoms with Crippen LogP contribution < -0.4 is 16.0 Å². The fourth-order valence-corrected chi connectivity index (χ4v) is 3.06. The van der Waals surface area contributed by atoms with E-state index in [0.717, 1.165) is 42.5 Å². The average molecular weight is 284 g/mol. The first-order valence-electron chi connectivity index (χ1n) is 7.30. The zero-order chi connectivity index (χ0) is 14.8. The topological polar surface area (TPSA) is 71.2 Å². The van der Waals surface area contributed by atoms with E-state index in [0.29, 0.717) is 11.6 Å². The van der Waals surface area contributed by atoms with Crippen LogP contribution in [-0.2, 0) is 0 Å². The summed E-state index contributed by atoms with van der Waals surface area (Å²) in [4.78, 5) is 18.4. The van der Waals surface area contributed by atoms with Gasteiger partial charge >= 0.3 is 0 Å². The van der Waals surface area contributed by atoms with Gasteiger partial charge in [-0.25, -0.2) is 0 Å². The lowest BCUT2D eigenvalue weighted by Crippen LogP contribution is -2.45. The number of piperidine rings is 1. The minimum atomic E-state index is -0.421. The van der Waals surface area contributed by atoms with E-state index in [1.807, 2.05) is 31.3 Å². The molecule has 1 atom stereocenters. The normalized spacial score (nSPS) is 18.9. The smallest absolute Gasteiger partial charge is 0.252 e. The number of benzene rings is 1. The molecule has 1 aliphatic heterocycles. The second-order valence-electron chi connectivity index (χ2n) is 5.48. The van der Waals surface area contributed by atoms with Crippen molar-refractivity contribution in [1.82, 2.24) is 10.3 Å². The van der Waals surface area contributed by atoms with Crippen LogP contribution >= 0.6 is 0 Å². The number of primary amides is 1. The average Bonchev–Trinajstić information content (AvgIpc) is 2.53. The van der Waals surface area contributed by atoms with Crippen molar-refractivity contribution >= 4 is 22.5 Å². The molecule has 5 nitrogen and oxygen atoms in total. The third kappa shape index (κ3) is 2.56. The van der Waals surface area contributed by atoms with Crippen LogP contribution in [0.25, 0.3) is 10.9 Å². The summed E-state index contributed by atoms with van der Waals surface area (Å²) in [6.07, 6.45) is 3.85. The highest BCUT2D eigenvalue weighted by molar-refractivity contribution is 6.06. The van der Waals surface area contributed by atoms with E-state index in [4.69, 9.17) is 5.73 Å². The Hall–Kier alpha value is -2.14. The number of aromatic nitrogens is 1. The third-order valence-electron chi connectivity index (χ3n) is 4.16. The minimum Gasteiger partial charge on any atom is -0.369 e. The molecule has 5 heteroatoms. The summed E-state index contributed by atoms with van der Waals surface area (Å²) in [5.74, 6) is -0.421. The van der Waals surface area contributed by atoms with E-state index in [9.17, 15) is 4.79 Å². The molecule has 1 amide bonds. The number of hydrogen-bond acceptors (Lipinski definition) is 4. The Morgan fingerprint density at radius 1 is 1.43 bits per heavy atom. The van der Waals surface area contributed by atoms with Crippen LogP contribution in [0.4, 0.5) is 5.69 Å². The van der Waals surface area contributed by atoms with Gasteiger partial charge in [0.2, 0.25) is 0 Å². The number of nitrogens with zero attached hydrogens (tertiary/aromatic N) is 2. The zero-order valence-electron chi connectivity index (χ0n) is 12.2. The second-order valence-corrected chi connectivity index (χ2v) is 5.48. The number of hydrogen-bond donors (Lipinski definition) is 2. The Kier molecular flexibility index (Phi) is 3.75. The van der Waals surface area contributed by atoms with Crippen LogP contribution in [0.2, 0.25) is 0 Å². The zero-order valence-corrected chi connectivity index (χ0v) is 12.2. The molecule has 1 aliphatic rings. The van der Waals surface area contributed by atoms with Gasteiger partial charge in [-0.2, -0.15) is 0 Å². The van der Waals surface area contributed by atoms with Gasteiger partial charge in [0.05, 0.1) is 16.8 Å². The van der Waals surface area contributed by atoms with Crippen LogP contribution in [0.1, 0.15) is 23.2 Å². The summed E-state index contributed by atoms with van der Waals surface area (Å²) in [6, 6.07) is 8.33. The van der Waals surface area contributed by atoms with Crippen LogP contribution in [0, 0.1) is 0 Å². The van der Waals surface area contributed by atoms with Gasteiger partial charge in [-0.1, -0.05) is 18.2 Å². The molecule has 0 spiro atoms. The number of likely N-dealkylation sites (N-methyl/N-ethyl adjacent to an activating group) is 1. The molecule has 2 aromatic rings. The molecule has 1 aromatic heterocycles. The lowest BCUT2D eigenvalue weighted by Gasteiger charge is -2.35. The number of pyridine rings is 1. The molecule has 0 bridgehead atoms. The number of nitrogens with one attached hydrogen (secondary N) is 1. The summed E-state index contributed by atoms with van der Waals surface area (Å²) >= 11 is 0. The van der Waals surface area contributed by atoms with Gasteiger partial charge in [0.15, 0.2) is 0 Å². The van der Waals surface area contributed by atoms with Gasteiger partial charge in [-0.05, 0) is 26.0 Å². The van der Waals surface area contributed by atoms with E-state index in [2.05, 4.69) is 15.2 Å². The fraction of sp³-hybridized carbons (Fsp3) is 0.375. The van der Waals surface area contributed by atoms with Crippen molar-refractivity contribution in [1.29, 1.82) is 0 Å². The van der Waals surface area contributed by atoms with Gasteiger partial charge in [-0.15, -0.1) is 0 Å². The molecule has 0 aliphatic carbocycles. The summed E-state index contributed by atoms with van der Waals surface area (Å²) in [7, 11) is 1.98. The van der Waals surface area contributed by atoms with E-state index < -0.39 is 5.91 Å². The van der Waals surface area contributed by atoms with Crippen molar-refractivity contribution < 1.29 is 4.79 Å². The maximum atomic E-state index is 11.8. The van der Waals surface area contributed by atoms with Gasteiger partial charge in [-0.3, -0.25) is 9.78 Å². The number of anilines is 1. The minimum absolute atomic E-state index is 0.421. The number of amides is 1. The maximum Gasteiger partial charge on any atom is 0.252 e. The number of rotatable bonds is 3. The number of carbonyl (C=O) groups excluding carboxylic acids is 1. The van der Waals surface area contributed by atoms with Gasteiger partial charge in [0.25, 0.3) is 5.91 Å². The Morgan fingerprint density at radius 3 is 3.00 bits per heavy atom. The first kappa shape index (κ1) is 13.8. The SMILES string of the molecule is CNC1CCCN(c2c(C(N)=O)cnc3ccccc23)C1. The molecule has 3 N–H and O–H groups in total. The predicted molar refractivity (Wildman–Crippen MR) is 84.6 cm³/mol. The molecular weight excluding hydrogens is 264 g/mol. The summed E-state index contributed by atoms with van der Waals surface area (Å²) in [5.41, 5.74) is 7.88. The van der Waals surface area contributed by atoms with Crippen molar-refractivity contribution in [2.24, 2.45) is 5.73 Å². The molecule has 1 saturated heterocycles. The monoisotopic (exact) mass is 284 g/mol. The maximum absolute atomic E-state index is 11.8. The molecule has 1 fully saturated rings. The van der Waals surface area contributed by atoms with Crippen molar-refractivity contribution in [3.05, 3.63) is 36.0 Å². The van der Waals surface area contributed by atoms with Crippen LogP contribution in [0.5, 0.6) is 0 Å². The summed E-state index contributed by atoms with van der Waals surface area (Å²) < 4.78 is 0. The largest absolute Gasteiger partial charge is 0.369 e. The van der Waals surface area contributed by atoms with Crippen LogP contribution in [0.15, 0.2) is 30.5 Å². The van der Waals surface area contributed by atoms with E-state index >= 15 is 0 Å². The number of fused-ring (bicyclic) bond motifs is 1. The molecule has 2 heterocycles. The van der Waals surface area contributed by atoms with Crippen molar-refractivity contribution in [3.8, 4) is 0 Å². The van der Waals surface area contributed by atoms with Crippen LogP contribution in [-0.4, -0.2) is 37.1 Å². The second kappa shape index (κ2) is 5.69.